The summed E-state index contributed by atoms with van der Waals surface area (Å²) in [7, 11) is 0. The number of halogens is 1. The molecule has 0 aliphatic heterocycles. The first-order valence-corrected chi connectivity index (χ1v) is 6.02. The Morgan fingerprint density at radius 2 is 2.00 bits per heavy atom. The summed E-state index contributed by atoms with van der Waals surface area (Å²) in [5.74, 6) is 1.31. The van der Waals surface area contributed by atoms with Crippen LogP contribution in [0.1, 0.15) is 5.82 Å². The van der Waals surface area contributed by atoms with Gasteiger partial charge in [0.1, 0.15) is 23.3 Å². The molecule has 1 N–H and O–H groups in total. The summed E-state index contributed by atoms with van der Waals surface area (Å²) in [6.45, 7) is 0.217. The second-order valence-electron chi connectivity index (χ2n) is 3.94. The molecule has 96 valence electrons. The Morgan fingerprint density at radius 3 is 2.84 bits per heavy atom. The molecule has 6 heteroatoms. The van der Waals surface area contributed by atoms with Crippen LogP contribution in [0, 0.1) is 0 Å². The standard InChI is InChI=1S/C13H10ClN3O2/c14-11-5-2-6-12-15-16-13(17(11)12)8-19-10-4-1-3-9(18)7-10/h1-7,18H,8H2. The van der Waals surface area contributed by atoms with Gasteiger partial charge in [0.15, 0.2) is 11.5 Å². The number of nitrogens with zero attached hydrogens (tertiary/aromatic N) is 3. The zero-order chi connectivity index (χ0) is 13.2. The van der Waals surface area contributed by atoms with Crippen LogP contribution in [-0.4, -0.2) is 19.7 Å². The lowest BCUT2D eigenvalue weighted by atomic mass is 10.3. The monoisotopic (exact) mass is 275 g/mol. The van der Waals surface area contributed by atoms with E-state index >= 15 is 0 Å². The fourth-order valence-electron chi connectivity index (χ4n) is 1.77. The molecule has 0 bridgehead atoms. The maximum absolute atomic E-state index is 9.35. The summed E-state index contributed by atoms with van der Waals surface area (Å²) >= 11 is 6.10. The van der Waals surface area contributed by atoms with Gasteiger partial charge >= 0.3 is 0 Å². The second-order valence-corrected chi connectivity index (χ2v) is 4.33. The summed E-state index contributed by atoms with van der Waals surface area (Å²) in [6.07, 6.45) is 0. The number of phenols is 1. The van der Waals surface area contributed by atoms with Crippen LogP contribution in [0.2, 0.25) is 5.15 Å². The minimum absolute atomic E-state index is 0.154. The topological polar surface area (TPSA) is 59.7 Å². The van der Waals surface area contributed by atoms with E-state index in [1.54, 1.807) is 28.7 Å². The molecule has 0 saturated heterocycles. The molecule has 3 aromatic rings. The maximum Gasteiger partial charge on any atom is 0.176 e. The van der Waals surface area contributed by atoms with Crippen molar-refractivity contribution in [1.29, 1.82) is 0 Å². The lowest BCUT2D eigenvalue weighted by Gasteiger charge is -2.06. The first kappa shape index (κ1) is 11.8. The fourth-order valence-corrected chi connectivity index (χ4v) is 2.03. The molecule has 1 aromatic carbocycles. The summed E-state index contributed by atoms with van der Waals surface area (Å²) in [5.41, 5.74) is 0.669. The summed E-state index contributed by atoms with van der Waals surface area (Å²) in [5, 5.41) is 17.9. The van der Waals surface area contributed by atoms with Gasteiger partial charge in [0.2, 0.25) is 0 Å². The van der Waals surface area contributed by atoms with Crippen molar-refractivity contribution in [3.8, 4) is 11.5 Å². The van der Waals surface area contributed by atoms with Crippen LogP contribution < -0.4 is 4.74 Å². The fraction of sp³-hybridized carbons (Fsp3) is 0.0769. The maximum atomic E-state index is 9.35. The lowest BCUT2D eigenvalue weighted by molar-refractivity contribution is 0.293. The second kappa shape index (κ2) is 4.78. The van der Waals surface area contributed by atoms with E-state index in [-0.39, 0.29) is 12.4 Å². The highest BCUT2D eigenvalue weighted by molar-refractivity contribution is 6.29. The molecule has 0 saturated carbocycles. The van der Waals surface area contributed by atoms with Crippen molar-refractivity contribution in [2.45, 2.75) is 6.61 Å². The summed E-state index contributed by atoms with van der Waals surface area (Å²) < 4.78 is 7.26. The molecule has 0 aliphatic carbocycles. The largest absolute Gasteiger partial charge is 0.508 e. The SMILES string of the molecule is Oc1cccc(OCc2nnc3cccc(Cl)n23)c1. The van der Waals surface area contributed by atoms with Gasteiger partial charge in [0.05, 0.1) is 0 Å². The molecule has 0 atom stereocenters. The zero-order valence-corrected chi connectivity index (χ0v) is 10.6. The van der Waals surface area contributed by atoms with Crippen LogP contribution in [0.15, 0.2) is 42.5 Å². The third-order valence-electron chi connectivity index (χ3n) is 2.63. The highest BCUT2D eigenvalue weighted by Crippen LogP contribution is 2.19. The van der Waals surface area contributed by atoms with Crippen LogP contribution in [0.5, 0.6) is 11.5 Å². The first-order chi connectivity index (χ1) is 9.24. The predicted molar refractivity (Wildman–Crippen MR) is 70.4 cm³/mol. The molecule has 0 unspecified atom stereocenters. The molecule has 0 fully saturated rings. The number of hydrogen-bond acceptors (Lipinski definition) is 4. The van der Waals surface area contributed by atoms with E-state index in [4.69, 9.17) is 16.3 Å². The Morgan fingerprint density at radius 1 is 1.16 bits per heavy atom. The van der Waals surface area contributed by atoms with Crippen molar-refractivity contribution in [3.05, 3.63) is 53.4 Å². The van der Waals surface area contributed by atoms with E-state index in [1.807, 2.05) is 12.1 Å². The van der Waals surface area contributed by atoms with Gasteiger partial charge in [-0.15, -0.1) is 10.2 Å². The third-order valence-corrected chi connectivity index (χ3v) is 2.93. The molecular weight excluding hydrogens is 266 g/mol. The molecule has 0 amide bonds. The van der Waals surface area contributed by atoms with Gasteiger partial charge in [-0.3, -0.25) is 4.40 Å². The number of rotatable bonds is 3. The Balaban J connectivity index is 1.86. The van der Waals surface area contributed by atoms with E-state index in [0.29, 0.717) is 22.4 Å². The summed E-state index contributed by atoms with van der Waals surface area (Å²) in [6, 6.07) is 12.0. The van der Waals surface area contributed by atoms with Crippen LogP contribution >= 0.6 is 11.6 Å². The molecule has 5 nitrogen and oxygen atoms in total. The van der Waals surface area contributed by atoms with Gasteiger partial charge in [0, 0.05) is 6.07 Å². The van der Waals surface area contributed by atoms with Gasteiger partial charge in [-0.1, -0.05) is 23.7 Å². The Bertz CT molecular complexity index is 727. The minimum atomic E-state index is 0.154. The van der Waals surface area contributed by atoms with Crippen molar-refractivity contribution in [1.82, 2.24) is 14.6 Å². The molecular formula is C13H10ClN3O2. The number of phenolic OH excluding ortho intramolecular Hbond substituents is 1. The third kappa shape index (κ3) is 2.32. The predicted octanol–water partition coefficient (Wildman–Crippen LogP) is 2.67. The van der Waals surface area contributed by atoms with Crippen LogP contribution in [0.25, 0.3) is 5.65 Å². The van der Waals surface area contributed by atoms with Crippen molar-refractivity contribution < 1.29 is 9.84 Å². The molecule has 0 spiro atoms. The number of hydrogen-bond donors (Lipinski definition) is 1. The van der Waals surface area contributed by atoms with E-state index < -0.39 is 0 Å². The van der Waals surface area contributed by atoms with E-state index in [1.165, 1.54) is 6.07 Å². The normalized spacial score (nSPS) is 10.8. The first-order valence-electron chi connectivity index (χ1n) is 5.64. The molecule has 2 aromatic heterocycles. The van der Waals surface area contributed by atoms with Crippen molar-refractivity contribution in [2.24, 2.45) is 0 Å². The molecule has 19 heavy (non-hydrogen) atoms. The molecule has 0 radical (unpaired) electrons. The average Bonchev–Trinajstić information content (AvgIpc) is 2.81. The molecule has 0 aliphatic rings. The van der Waals surface area contributed by atoms with Gasteiger partial charge in [-0.2, -0.15) is 0 Å². The average molecular weight is 276 g/mol. The van der Waals surface area contributed by atoms with Gasteiger partial charge in [-0.05, 0) is 24.3 Å². The minimum Gasteiger partial charge on any atom is -0.508 e. The summed E-state index contributed by atoms with van der Waals surface area (Å²) in [4.78, 5) is 0. The quantitative estimate of drug-likeness (QED) is 0.747. The number of ether oxygens (including phenoxy) is 1. The number of pyridine rings is 1. The van der Waals surface area contributed by atoms with Crippen molar-refractivity contribution in [3.63, 3.8) is 0 Å². The van der Waals surface area contributed by atoms with E-state index in [9.17, 15) is 5.11 Å². The highest BCUT2D eigenvalue weighted by Gasteiger charge is 2.08. The lowest BCUT2D eigenvalue weighted by Crippen LogP contribution is -2.02. The van der Waals surface area contributed by atoms with Crippen LogP contribution in [-0.2, 0) is 6.61 Å². The number of fused-ring (bicyclic) bond motifs is 1. The van der Waals surface area contributed by atoms with Gasteiger partial charge < -0.3 is 9.84 Å². The van der Waals surface area contributed by atoms with Crippen molar-refractivity contribution >= 4 is 17.2 Å². The Kier molecular flexibility index (Phi) is 2.97. The number of aromatic hydroxyl groups is 1. The van der Waals surface area contributed by atoms with E-state index in [2.05, 4.69) is 10.2 Å². The van der Waals surface area contributed by atoms with Crippen molar-refractivity contribution in [2.75, 3.05) is 0 Å². The number of benzene rings is 1. The molecule has 2 heterocycles. The van der Waals surface area contributed by atoms with Gasteiger partial charge in [-0.25, -0.2) is 0 Å². The Hall–Kier alpha value is -2.27. The van der Waals surface area contributed by atoms with Crippen LogP contribution in [0.4, 0.5) is 0 Å². The van der Waals surface area contributed by atoms with E-state index in [0.717, 1.165) is 0 Å². The highest BCUT2D eigenvalue weighted by atomic mass is 35.5. The van der Waals surface area contributed by atoms with Gasteiger partial charge in [0.25, 0.3) is 0 Å². The Labute approximate surface area is 114 Å². The smallest absolute Gasteiger partial charge is 0.176 e. The zero-order valence-electron chi connectivity index (χ0n) is 9.82. The molecule has 3 rings (SSSR count). The van der Waals surface area contributed by atoms with Crippen LogP contribution in [0.3, 0.4) is 0 Å². The number of aromatic nitrogens is 3.